The van der Waals surface area contributed by atoms with Crippen LogP contribution in [0.15, 0.2) is 39.9 Å². The van der Waals surface area contributed by atoms with Crippen molar-refractivity contribution >= 4 is 40.3 Å². The van der Waals surface area contributed by atoms with E-state index in [4.69, 9.17) is 0 Å². The Hall–Kier alpha value is -1.70. The number of benzene rings is 1. The fourth-order valence-corrected chi connectivity index (χ4v) is 4.72. The SMILES string of the molecule is CCc1nc(C(C)NC(=O)c2ccc(SCc3csc(C)n3)cc2)cs1. The molecule has 136 valence electrons. The number of carbonyl (C=O) groups excluding carboxylic acids is 1. The van der Waals surface area contributed by atoms with E-state index in [9.17, 15) is 4.79 Å². The van der Waals surface area contributed by atoms with Gasteiger partial charge in [0, 0.05) is 27.0 Å². The Balaban J connectivity index is 1.56. The summed E-state index contributed by atoms with van der Waals surface area (Å²) in [6, 6.07) is 7.62. The molecule has 7 heteroatoms. The molecule has 1 amide bonds. The first-order valence-corrected chi connectivity index (χ1v) is 11.2. The molecule has 0 bridgehead atoms. The van der Waals surface area contributed by atoms with Crippen molar-refractivity contribution in [2.24, 2.45) is 0 Å². The predicted octanol–water partition coefficient (Wildman–Crippen LogP) is 5.25. The fourth-order valence-electron chi connectivity index (χ4n) is 2.37. The van der Waals surface area contributed by atoms with E-state index in [-0.39, 0.29) is 11.9 Å². The Bertz CT molecular complexity index is 870. The Labute approximate surface area is 166 Å². The summed E-state index contributed by atoms with van der Waals surface area (Å²) in [5.41, 5.74) is 2.69. The van der Waals surface area contributed by atoms with Crippen LogP contribution in [0.2, 0.25) is 0 Å². The molecular formula is C19H21N3OS3. The Morgan fingerprint density at radius 3 is 2.58 bits per heavy atom. The minimum atomic E-state index is -0.0963. The molecule has 0 saturated heterocycles. The smallest absolute Gasteiger partial charge is 0.251 e. The number of thioether (sulfide) groups is 1. The third kappa shape index (κ3) is 4.93. The van der Waals surface area contributed by atoms with Crippen molar-refractivity contribution in [1.82, 2.24) is 15.3 Å². The highest BCUT2D eigenvalue weighted by Gasteiger charge is 2.14. The van der Waals surface area contributed by atoms with E-state index in [2.05, 4.69) is 27.6 Å². The van der Waals surface area contributed by atoms with E-state index in [1.165, 1.54) is 0 Å². The van der Waals surface area contributed by atoms with Gasteiger partial charge in [-0.05, 0) is 44.5 Å². The molecular weight excluding hydrogens is 382 g/mol. The Morgan fingerprint density at radius 1 is 1.19 bits per heavy atom. The molecule has 1 N–H and O–H groups in total. The third-order valence-corrected chi connectivity index (χ3v) is 6.71. The summed E-state index contributed by atoms with van der Waals surface area (Å²) >= 11 is 5.04. The minimum absolute atomic E-state index is 0.0739. The second-order valence-electron chi connectivity index (χ2n) is 5.89. The van der Waals surface area contributed by atoms with Gasteiger partial charge in [0.25, 0.3) is 5.91 Å². The summed E-state index contributed by atoms with van der Waals surface area (Å²) in [6.07, 6.45) is 0.922. The summed E-state index contributed by atoms with van der Waals surface area (Å²) in [5, 5.41) is 9.31. The largest absolute Gasteiger partial charge is 0.344 e. The number of hydrogen-bond acceptors (Lipinski definition) is 6. The molecule has 1 atom stereocenters. The van der Waals surface area contributed by atoms with Crippen LogP contribution in [0.25, 0.3) is 0 Å². The number of aromatic nitrogens is 2. The predicted molar refractivity (Wildman–Crippen MR) is 110 cm³/mol. The van der Waals surface area contributed by atoms with E-state index >= 15 is 0 Å². The first-order valence-electron chi connectivity index (χ1n) is 8.44. The zero-order chi connectivity index (χ0) is 18.5. The van der Waals surface area contributed by atoms with Crippen LogP contribution in [-0.4, -0.2) is 15.9 Å². The second-order valence-corrected chi connectivity index (χ2v) is 8.94. The number of aryl methyl sites for hydroxylation is 2. The van der Waals surface area contributed by atoms with Crippen molar-refractivity contribution in [1.29, 1.82) is 0 Å². The van der Waals surface area contributed by atoms with Gasteiger partial charge in [-0.3, -0.25) is 4.79 Å². The highest BCUT2D eigenvalue weighted by Crippen LogP contribution is 2.24. The summed E-state index contributed by atoms with van der Waals surface area (Å²) < 4.78 is 0. The molecule has 0 fully saturated rings. The Morgan fingerprint density at radius 2 is 1.96 bits per heavy atom. The van der Waals surface area contributed by atoms with E-state index in [1.54, 1.807) is 34.4 Å². The lowest BCUT2D eigenvalue weighted by atomic mass is 10.2. The molecule has 0 aliphatic carbocycles. The van der Waals surface area contributed by atoms with Crippen LogP contribution in [0.1, 0.15) is 51.7 Å². The molecule has 26 heavy (non-hydrogen) atoms. The average molecular weight is 404 g/mol. The standard InChI is InChI=1S/C19H21N3OS3/c1-4-18-22-17(11-26-18)12(2)20-19(23)14-5-7-16(8-6-14)25-10-15-9-24-13(3)21-15/h5-9,11-12H,4,10H2,1-3H3,(H,20,23). The number of hydrogen-bond donors (Lipinski definition) is 1. The number of rotatable bonds is 7. The van der Waals surface area contributed by atoms with Gasteiger partial charge in [-0.1, -0.05) is 6.92 Å². The third-order valence-electron chi connectivity index (χ3n) is 3.83. The van der Waals surface area contributed by atoms with Crippen LogP contribution in [0.3, 0.4) is 0 Å². The Kier molecular flexibility index (Phi) is 6.45. The molecule has 2 aromatic heterocycles. The molecule has 1 unspecified atom stereocenters. The van der Waals surface area contributed by atoms with Gasteiger partial charge < -0.3 is 5.32 Å². The van der Waals surface area contributed by atoms with Crippen molar-refractivity contribution in [2.45, 2.75) is 43.9 Å². The van der Waals surface area contributed by atoms with Crippen LogP contribution in [0, 0.1) is 6.92 Å². The van der Waals surface area contributed by atoms with Crippen LogP contribution >= 0.6 is 34.4 Å². The number of nitrogens with zero attached hydrogens (tertiary/aromatic N) is 2. The van der Waals surface area contributed by atoms with Crippen molar-refractivity contribution < 1.29 is 4.79 Å². The lowest BCUT2D eigenvalue weighted by Crippen LogP contribution is -2.26. The first kappa shape index (κ1) is 19.1. The van der Waals surface area contributed by atoms with Crippen molar-refractivity contribution in [3.05, 3.63) is 62.0 Å². The lowest BCUT2D eigenvalue weighted by Gasteiger charge is -2.12. The fraction of sp³-hybridized carbons (Fsp3) is 0.316. The maximum atomic E-state index is 12.4. The van der Waals surface area contributed by atoms with Gasteiger partial charge in [-0.15, -0.1) is 34.4 Å². The summed E-state index contributed by atoms with van der Waals surface area (Å²) in [4.78, 5) is 22.6. The zero-order valence-corrected chi connectivity index (χ0v) is 17.4. The summed E-state index contributed by atoms with van der Waals surface area (Å²) in [6.45, 7) is 6.06. The number of nitrogens with one attached hydrogen (secondary N) is 1. The van der Waals surface area contributed by atoms with E-state index < -0.39 is 0 Å². The molecule has 0 saturated carbocycles. The molecule has 3 rings (SSSR count). The topological polar surface area (TPSA) is 54.9 Å². The van der Waals surface area contributed by atoms with Crippen molar-refractivity contribution in [2.75, 3.05) is 0 Å². The van der Waals surface area contributed by atoms with Gasteiger partial charge in [-0.2, -0.15) is 0 Å². The highest BCUT2D eigenvalue weighted by atomic mass is 32.2. The van der Waals surface area contributed by atoms with E-state index in [1.807, 2.05) is 43.5 Å². The van der Waals surface area contributed by atoms with Gasteiger partial charge in [-0.25, -0.2) is 9.97 Å². The van der Waals surface area contributed by atoms with Gasteiger partial charge in [0.2, 0.25) is 0 Å². The van der Waals surface area contributed by atoms with Gasteiger partial charge in [0.05, 0.1) is 27.4 Å². The molecule has 2 heterocycles. The lowest BCUT2D eigenvalue weighted by molar-refractivity contribution is 0.0939. The maximum absolute atomic E-state index is 12.4. The summed E-state index contributed by atoms with van der Waals surface area (Å²) in [5.74, 6) is 0.770. The second kappa shape index (κ2) is 8.79. The maximum Gasteiger partial charge on any atom is 0.251 e. The number of amides is 1. The first-order chi connectivity index (χ1) is 12.5. The molecule has 1 aromatic carbocycles. The van der Waals surface area contributed by atoms with Crippen LogP contribution in [-0.2, 0) is 12.2 Å². The molecule has 0 radical (unpaired) electrons. The molecule has 0 aliphatic heterocycles. The van der Waals surface area contributed by atoms with Gasteiger partial charge in [0.1, 0.15) is 0 Å². The van der Waals surface area contributed by atoms with Crippen molar-refractivity contribution in [3.8, 4) is 0 Å². The van der Waals surface area contributed by atoms with E-state index in [0.29, 0.717) is 5.56 Å². The zero-order valence-electron chi connectivity index (χ0n) is 15.0. The quantitative estimate of drug-likeness (QED) is 0.547. The molecule has 0 spiro atoms. The normalized spacial score (nSPS) is 12.1. The molecule has 3 aromatic rings. The highest BCUT2D eigenvalue weighted by molar-refractivity contribution is 7.98. The van der Waals surface area contributed by atoms with Crippen molar-refractivity contribution in [3.63, 3.8) is 0 Å². The van der Waals surface area contributed by atoms with Gasteiger partial charge >= 0.3 is 0 Å². The monoisotopic (exact) mass is 403 g/mol. The average Bonchev–Trinajstić information content (AvgIpc) is 3.29. The number of thiazole rings is 2. The van der Waals surface area contributed by atoms with Crippen LogP contribution in [0.4, 0.5) is 0 Å². The number of carbonyl (C=O) groups is 1. The summed E-state index contributed by atoms with van der Waals surface area (Å²) in [7, 11) is 0. The molecule has 0 aliphatic rings. The van der Waals surface area contributed by atoms with Gasteiger partial charge in [0.15, 0.2) is 0 Å². The van der Waals surface area contributed by atoms with Crippen LogP contribution in [0.5, 0.6) is 0 Å². The van der Waals surface area contributed by atoms with E-state index in [0.717, 1.165) is 38.5 Å². The minimum Gasteiger partial charge on any atom is -0.344 e. The van der Waals surface area contributed by atoms with Crippen LogP contribution < -0.4 is 5.32 Å². The molecule has 4 nitrogen and oxygen atoms in total.